The van der Waals surface area contributed by atoms with Crippen LogP contribution in [0.25, 0.3) is 0 Å². The Labute approximate surface area is 117 Å². The summed E-state index contributed by atoms with van der Waals surface area (Å²) in [5.41, 5.74) is 6.28. The summed E-state index contributed by atoms with van der Waals surface area (Å²) in [5.74, 6) is 0.284. The molecule has 0 radical (unpaired) electrons. The van der Waals surface area contributed by atoms with Crippen LogP contribution in [0, 0.1) is 5.92 Å². The summed E-state index contributed by atoms with van der Waals surface area (Å²) in [6, 6.07) is -0.0236. The number of methoxy groups -OCH3 is 1. The maximum atomic E-state index is 11.8. The highest BCUT2D eigenvalue weighted by Gasteiger charge is 2.45. The molecule has 0 bridgehead atoms. The number of sulfone groups is 1. The molecular weight excluding hydrogens is 262 g/mol. The molecule has 2 aliphatic carbocycles. The molecule has 3 unspecified atom stereocenters. The summed E-state index contributed by atoms with van der Waals surface area (Å²) in [6.07, 6.45) is 9.25. The molecule has 4 nitrogen and oxygen atoms in total. The normalized spacial score (nSPS) is 33.2. The van der Waals surface area contributed by atoms with Gasteiger partial charge in [-0.3, -0.25) is 0 Å². The highest BCUT2D eigenvalue weighted by atomic mass is 32.2. The van der Waals surface area contributed by atoms with E-state index in [1.54, 1.807) is 7.11 Å². The Morgan fingerprint density at radius 1 is 1.21 bits per heavy atom. The minimum absolute atomic E-state index is 0.0236. The minimum Gasteiger partial charge on any atom is -0.377 e. The number of hydrogen-bond acceptors (Lipinski definition) is 4. The second-order valence-electron chi connectivity index (χ2n) is 6.38. The minimum atomic E-state index is -2.94. The Morgan fingerprint density at radius 2 is 1.84 bits per heavy atom. The van der Waals surface area contributed by atoms with Crippen LogP contribution in [0.3, 0.4) is 0 Å². The average Bonchev–Trinajstić information content (AvgIpc) is 2.87. The van der Waals surface area contributed by atoms with Crippen LogP contribution in [-0.4, -0.2) is 38.7 Å². The topological polar surface area (TPSA) is 69.4 Å². The standard InChI is InChI=1S/C14H27NO3S/c1-18-14(8-3-4-9-14)13(15)11-6-5-7-12(10-11)19(2,16)17/h11-13H,3-10,15H2,1-2H3. The third kappa shape index (κ3) is 3.14. The van der Waals surface area contributed by atoms with Gasteiger partial charge in [0.05, 0.1) is 10.9 Å². The van der Waals surface area contributed by atoms with Gasteiger partial charge in [-0.15, -0.1) is 0 Å². The van der Waals surface area contributed by atoms with Crippen LogP contribution in [0.15, 0.2) is 0 Å². The smallest absolute Gasteiger partial charge is 0.150 e. The first-order valence-electron chi connectivity index (χ1n) is 7.39. The van der Waals surface area contributed by atoms with Gasteiger partial charge < -0.3 is 10.5 Å². The van der Waals surface area contributed by atoms with E-state index < -0.39 is 9.84 Å². The van der Waals surface area contributed by atoms with Crippen molar-refractivity contribution < 1.29 is 13.2 Å². The van der Waals surface area contributed by atoms with Crippen LogP contribution in [0.4, 0.5) is 0 Å². The lowest BCUT2D eigenvalue weighted by molar-refractivity contribution is -0.0444. The maximum absolute atomic E-state index is 11.8. The summed E-state index contributed by atoms with van der Waals surface area (Å²) in [7, 11) is -1.19. The molecule has 2 aliphatic rings. The fourth-order valence-corrected chi connectivity index (χ4v) is 5.16. The molecule has 19 heavy (non-hydrogen) atoms. The average molecular weight is 289 g/mol. The van der Waals surface area contributed by atoms with Gasteiger partial charge in [0, 0.05) is 19.4 Å². The van der Waals surface area contributed by atoms with Gasteiger partial charge in [0.25, 0.3) is 0 Å². The Balaban J connectivity index is 2.08. The van der Waals surface area contributed by atoms with E-state index >= 15 is 0 Å². The Kier molecular flexibility index (Phi) is 4.58. The molecule has 3 atom stereocenters. The van der Waals surface area contributed by atoms with Crippen molar-refractivity contribution >= 4 is 9.84 Å². The molecule has 2 saturated carbocycles. The van der Waals surface area contributed by atoms with E-state index in [9.17, 15) is 8.42 Å². The van der Waals surface area contributed by atoms with Crippen LogP contribution in [0.5, 0.6) is 0 Å². The summed E-state index contributed by atoms with van der Waals surface area (Å²) in [6.45, 7) is 0. The van der Waals surface area contributed by atoms with Gasteiger partial charge in [0.2, 0.25) is 0 Å². The zero-order valence-corrected chi connectivity index (χ0v) is 12.9. The molecule has 2 rings (SSSR count). The first-order chi connectivity index (χ1) is 8.89. The van der Waals surface area contributed by atoms with Crippen molar-refractivity contribution in [1.29, 1.82) is 0 Å². The molecule has 0 amide bonds. The predicted octanol–water partition coefficient (Wildman–Crippen LogP) is 1.88. The van der Waals surface area contributed by atoms with E-state index in [-0.39, 0.29) is 22.8 Å². The van der Waals surface area contributed by atoms with E-state index in [0.29, 0.717) is 6.42 Å². The molecule has 2 fully saturated rings. The van der Waals surface area contributed by atoms with Crippen molar-refractivity contribution in [3.63, 3.8) is 0 Å². The summed E-state index contributed by atoms with van der Waals surface area (Å²) < 4.78 is 29.3. The highest BCUT2D eigenvalue weighted by molar-refractivity contribution is 7.91. The molecular formula is C14H27NO3S. The van der Waals surface area contributed by atoms with E-state index in [2.05, 4.69) is 0 Å². The van der Waals surface area contributed by atoms with Gasteiger partial charge in [-0.1, -0.05) is 19.3 Å². The van der Waals surface area contributed by atoms with Crippen LogP contribution in [0.1, 0.15) is 51.4 Å². The number of hydrogen-bond donors (Lipinski definition) is 1. The molecule has 0 spiro atoms. The largest absolute Gasteiger partial charge is 0.377 e. The summed E-state index contributed by atoms with van der Waals surface area (Å²) in [4.78, 5) is 0. The molecule has 0 heterocycles. The van der Waals surface area contributed by atoms with E-state index in [1.165, 1.54) is 19.1 Å². The first kappa shape index (κ1) is 15.3. The molecule has 2 N–H and O–H groups in total. The van der Waals surface area contributed by atoms with Crippen molar-refractivity contribution in [1.82, 2.24) is 0 Å². The second kappa shape index (κ2) is 5.70. The third-order valence-corrected chi connectivity index (χ3v) is 6.88. The van der Waals surface area contributed by atoms with Gasteiger partial charge >= 0.3 is 0 Å². The van der Waals surface area contributed by atoms with Gasteiger partial charge in [-0.25, -0.2) is 8.42 Å². The molecule has 0 aliphatic heterocycles. The lowest BCUT2D eigenvalue weighted by Gasteiger charge is -2.41. The quantitative estimate of drug-likeness (QED) is 0.858. The fourth-order valence-electron chi connectivity index (χ4n) is 3.97. The lowest BCUT2D eigenvalue weighted by atomic mass is 9.76. The molecule has 0 aromatic heterocycles. The van der Waals surface area contributed by atoms with E-state index in [4.69, 9.17) is 10.5 Å². The van der Waals surface area contributed by atoms with Crippen LogP contribution in [-0.2, 0) is 14.6 Å². The van der Waals surface area contributed by atoms with Crippen molar-refractivity contribution in [3.05, 3.63) is 0 Å². The number of nitrogens with two attached hydrogens (primary N) is 1. The van der Waals surface area contributed by atoms with Gasteiger partial charge in [0.1, 0.15) is 9.84 Å². The van der Waals surface area contributed by atoms with Crippen LogP contribution >= 0.6 is 0 Å². The van der Waals surface area contributed by atoms with Crippen LogP contribution < -0.4 is 5.73 Å². The van der Waals surface area contributed by atoms with Crippen molar-refractivity contribution in [2.45, 2.75) is 68.3 Å². The summed E-state index contributed by atoms with van der Waals surface area (Å²) in [5, 5.41) is -0.201. The number of rotatable bonds is 4. The Bertz CT molecular complexity index is 401. The SMILES string of the molecule is COC1(C(N)C2CCCC(S(C)(=O)=O)C2)CCCC1. The van der Waals surface area contributed by atoms with Crippen molar-refractivity contribution in [2.75, 3.05) is 13.4 Å². The molecule has 0 saturated heterocycles. The third-order valence-electron chi connectivity index (χ3n) is 5.24. The highest BCUT2D eigenvalue weighted by Crippen LogP contribution is 2.41. The second-order valence-corrected chi connectivity index (χ2v) is 8.71. The Hall–Kier alpha value is -0.130. The molecule has 0 aromatic rings. The van der Waals surface area contributed by atoms with Gasteiger partial charge in [0.15, 0.2) is 0 Å². The first-order valence-corrected chi connectivity index (χ1v) is 9.34. The monoisotopic (exact) mass is 289 g/mol. The fraction of sp³-hybridized carbons (Fsp3) is 1.00. The van der Waals surface area contributed by atoms with Crippen molar-refractivity contribution in [2.24, 2.45) is 11.7 Å². The van der Waals surface area contributed by atoms with E-state index in [0.717, 1.165) is 32.1 Å². The zero-order valence-electron chi connectivity index (χ0n) is 12.1. The van der Waals surface area contributed by atoms with Gasteiger partial charge in [-0.2, -0.15) is 0 Å². The molecule has 0 aromatic carbocycles. The molecule has 112 valence electrons. The zero-order chi connectivity index (χ0) is 14.1. The van der Waals surface area contributed by atoms with E-state index in [1.807, 2.05) is 0 Å². The lowest BCUT2D eigenvalue weighted by Crippen LogP contribution is -2.53. The van der Waals surface area contributed by atoms with Crippen LogP contribution in [0.2, 0.25) is 0 Å². The predicted molar refractivity (Wildman–Crippen MR) is 76.8 cm³/mol. The maximum Gasteiger partial charge on any atom is 0.150 e. The van der Waals surface area contributed by atoms with Crippen molar-refractivity contribution in [3.8, 4) is 0 Å². The Morgan fingerprint density at radius 3 is 2.37 bits per heavy atom. The molecule has 5 heteroatoms. The number of ether oxygens (including phenoxy) is 1. The summed E-state index contributed by atoms with van der Waals surface area (Å²) >= 11 is 0. The van der Waals surface area contributed by atoms with Gasteiger partial charge in [-0.05, 0) is 38.0 Å².